The van der Waals surface area contributed by atoms with Gasteiger partial charge in [0.15, 0.2) is 0 Å². The Morgan fingerprint density at radius 2 is 1.84 bits per heavy atom. The van der Waals surface area contributed by atoms with Gasteiger partial charge < -0.3 is 9.64 Å². The molecule has 1 aliphatic heterocycles. The fourth-order valence-electron chi connectivity index (χ4n) is 4.99. The van der Waals surface area contributed by atoms with Crippen LogP contribution in [0.25, 0.3) is 0 Å². The molecule has 2 aliphatic rings. The average molecular weight is 462 g/mol. The van der Waals surface area contributed by atoms with Crippen LogP contribution in [-0.4, -0.2) is 51.5 Å². The Bertz CT molecular complexity index is 981. The zero-order valence-electron chi connectivity index (χ0n) is 18.5. The monoisotopic (exact) mass is 461 g/mol. The van der Waals surface area contributed by atoms with Crippen LogP contribution in [0.3, 0.4) is 0 Å². The minimum atomic E-state index is -3.30. The summed E-state index contributed by atoms with van der Waals surface area (Å²) >= 11 is 0. The quantitative estimate of drug-likeness (QED) is 0.681. The van der Waals surface area contributed by atoms with E-state index in [1.165, 1.54) is 12.3 Å². The van der Waals surface area contributed by atoms with E-state index in [-0.39, 0.29) is 29.8 Å². The number of piperidine rings is 1. The second-order valence-electron chi connectivity index (χ2n) is 9.01. The molecule has 2 aromatic rings. The summed E-state index contributed by atoms with van der Waals surface area (Å²) in [5.74, 6) is 1.05. The van der Waals surface area contributed by atoms with Gasteiger partial charge in [0, 0.05) is 31.2 Å². The molecule has 1 aromatic carbocycles. The van der Waals surface area contributed by atoms with Crippen LogP contribution in [0.2, 0.25) is 0 Å². The summed E-state index contributed by atoms with van der Waals surface area (Å²) in [4.78, 5) is 6.64. The average Bonchev–Trinajstić information content (AvgIpc) is 2.79. The standard InChI is InChI=1S/C24H32FN3O3S/c1-32(29,30)27-23-13-15-28(24-8-4-5-14-26-24)16-19(23)17-31-20-11-9-18(10-12-20)21-6-2-3-7-22(21)25/h2-8,14,18-20,23,27H,9-13,15-17H2,1H3/t18-,19?,20+,23?. The van der Waals surface area contributed by atoms with Gasteiger partial charge >= 0.3 is 0 Å². The molecule has 2 heterocycles. The molecule has 1 aromatic heterocycles. The SMILES string of the molecule is CS(=O)(=O)NC1CCN(c2ccccn2)CC1CO[C@H]1CC[C@@H](c2ccccc2F)CC1. The summed E-state index contributed by atoms with van der Waals surface area (Å²) in [6, 6.07) is 12.7. The molecule has 0 bridgehead atoms. The van der Waals surface area contributed by atoms with Crippen molar-refractivity contribution in [3.63, 3.8) is 0 Å². The summed E-state index contributed by atoms with van der Waals surface area (Å²) < 4.78 is 47.0. The molecule has 4 rings (SSSR count). The Morgan fingerprint density at radius 1 is 1.09 bits per heavy atom. The van der Waals surface area contributed by atoms with Crippen molar-refractivity contribution in [2.75, 3.05) is 30.9 Å². The van der Waals surface area contributed by atoms with Gasteiger partial charge in [-0.3, -0.25) is 0 Å². The van der Waals surface area contributed by atoms with Gasteiger partial charge in [0.2, 0.25) is 10.0 Å². The van der Waals surface area contributed by atoms with Crippen LogP contribution < -0.4 is 9.62 Å². The molecule has 174 valence electrons. The number of hydrogen-bond donors (Lipinski definition) is 1. The highest BCUT2D eigenvalue weighted by molar-refractivity contribution is 7.88. The van der Waals surface area contributed by atoms with Crippen molar-refractivity contribution in [3.8, 4) is 0 Å². The zero-order chi connectivity index (χ0) is 22.6. The molecular formula is C24H32FN3O3S. The number of sulfonamides is 1. The van der Waals surface area contributed by atoms with Crippen LogP contribution >= 0.6 is 0 Å². The molecule has 8 heteroatoms. The molecule has 0 spiro atoms. The molecule has 6 nitrogen and oxygen atoms in total. The number of hydrogen-bond acceptors (Lipinski definition) is 5. The largest absolute Gasteiger partial charge is 0.378 e. The Balaban J connectivity index is 1.35. The van der Waals surface area contributed by atoms with Gasteiger partial charge in [0.05, 0.1) is 19.0 Å². The lowest BCUT2D eigenvalue weighted by Crippen LogP contribution is -2.52. The van der Waals surface area contributed by atoms with Crippen molar-refractivity contribution >= 4 is 15.8 Å². The van der Waals surface area contributed by atoms with E-state index in [0.29, 0.717) is 19.6 Å². The number of rotatable bonds is 7. The molecule has 2 fully saturated rings. The minimum absolute atomic E-state index is 0.0322. The molecule has 32 heavy (non-hydrogen) atoms. The van der Waals surface area contributed by atoms with Gasteiger partial charge in [0.25, 0.3) is 0 Å². The van der Waals surface area contributed by atoms with Crippen molar-refractivity contribution in [2.24, 2.45) is 5.92 Å². The van der Waals surface area contributed by atoms with Crippen LogP contribution in [0.5, 0.6) is 0 Å². The van der Waals surface area contributed by atoms with Gasteiger partial charge in [0.1, 0.15) is 11.6 Å². The van der Waals surface area contributed by atoms with Gasteiger partial charge in [-0.2, -0.15) is 0 Å². The first kappa shape index (κ1) is 23.1. The van der Waals surface area contributed by atoms with E-state index in [0.717, 1.165) is 43.6 Å². The molecule has 1 aliphatic carbocycles. The Labute approximate surface area is 190 Å². The highest BCUT2D eigenvalue weighted by Gasteiger charge is 2.33. The first-order valence-electron chi connectivity index (χ1n) is 11.4. The van der Waals surface area contributed by atoms with E-state index in [2.05, 4.69) is 14.6 Å². The third kappa shape index (κ3) is 6.05. The first-order chi connectivity index (χ1) is 15.4. The predicted molar refractivity (Wildman–Crippen MR) is 124 cm³/mol. The van der Waals surface area contributed by atoms with Crippen molar-refractivity contribution in [1.82, 2.24) is 9.71 Å². The number of nitrogens with zero attached hydrogens (tertiary/aromatic N) is 2. The van der Waals surface area contributed by atoms with E-state index in [4.69, 9.17) is 4.74 Å². The van der Waals surface area contributed by atoms with Crippen molar-refractivity contribution < 1.29 is 17.5 Å². The molecule has 1 saturated heterocycles. The van der Waals surface area contributed by atoms with E-state index in [1.807, 2.05) is 30.3 Å². The fourth-order valence-corrected chi connectivity index (χ4v) is 5.85. The summed E-state index contributed by atoms with van der Waals surface area (Å²) in [5.41, 5.74) is 0.807. The molecule has 0 amide bonds. The summed E-state index contributed by atoms with van der Waals surface area (Å²) in [5, 5.41) is 0. The zero-order valence-corrected chi connectivity index (χ0v) is 19.3. The molecule has 0 radical (unpaired) electrons. The Hall–Kier alpha value is -2.03. The highest BCUT2D eigenvalue weighted by atomic mass is 32.2. The highest BCUT2D eigenvalue weighted by Crippen LogP contribution is 2.35. The van der Waals surface area contributed by atoms with E-state index < -0.39 is 10.0 Å². The van der Waals surface area contributed by atoms with Crippen LogP contribution in [0, 0.1) is 11.7 Å². The van der Waals surface area contributed by atoms with E-state index >= 15 is 0 Å². The van der Waals surface area contributed by atoms with E-state index in [9.17, 15) is 12.8 Å². The lowest BCUT2D eigenvalue weighted by molar-refractivity contribution is -0.00229. The van der Waals surface area contributed by atoms with Crippen molar-refractivity contribution in [2.45, 2.75) is 50.2 Å². The lowest BCUT2D eigenvalue weighted by Gasteiger charge is -2.40. The third-order valence-corrected chi connectivity index (χ3v) is 7.37. The van der Waals surface area contributed by atoms with Crippen LogP contribution in [0.4, 0.5) is 10.2 Å². The summed E-state index contributed by atoms with van der Waals surface area (Å²) in [7, 11) is -3.30. The fraction of sp³-hybridized carbons (Fsp3) is 0.542. The maximum absolute atomic E-state index is 14.1. The number of benzene rings is 1. The predicted octanol–water partition coefficient (Wildman–Crippen LogP) is 3.71. The van der Waals surface area contributed by atoms with Crippen LogP contribution in [0.15, 0.2) is 48.7 Å². The summed E-state index contributed by atoms with van der Waals surface area (Å²) in [6.45, 7) is 1.93. The van der Waals surface area contributed by atoms with Crippen molar-refractivity contribution in [3.05, 3.63) is 60.0 Å². The van der Waals surface area contributed by atoms with Gasteiger partial charge in [-0.25, -0.2) is 22.5 Å². The smallest absolute Gasteiger partial charge is 0.208 e. The van der Waals surface area contributed by atoms with Crippen LogP contribution in [0.1, 0.15) is 43.6 Å². The maximum atomic E-state index is 14.1. The molecule has 1 saturated carbocycles. The number of aromatic nitrogens is 1. The molecule has 2 unspecified atom stereocenters. The summed E-state index contributed by atoms with van der Waals surface area (Å²) in [6.07, 6.45) is 7.40. The topological polar surface area (TPSA) is 71.5 Å². The third-order valence-electron chi connectivity index (χ3n) is 6.64. The molecular weight excluding hydrogens is 429 g/mol. The van der Waals surface area contributed by atoms with Gasteiger partial charge in [-0.1, -0.05) is 24.3 Å². The Morgan fingerprint density at radius 3 is 2.53 bits per heavy atom. The number of pyridine rings is 1. The van der Waals surface area contributed by atoms with Crippen LogP contribution in [-0.2, 0) is 14.8 Å². The number of halogens is 1. The second-order valence-corrected chi connectivity index (χ2v) is 10.8. The first-order valence-corrected chi connectivity index (χ1v) is 13.3. The molecule has 2 atom stereocenters. The number of anilines is 1. The normalized spacial score (nSPS) is 26.8. The number of nitrogens with one attached hydrogen (secondary N) is 1. The lowest BCUT2D eigenvalue weighted by atomic mass is 9.82. The van der Waals surface area contributed by atoms with Gasteiger partial charge in [-0.05, 0) is 61.8 Å². The molecule has 1 N–H and O–H groups in total. The van der Waals surface area contributed by atoms with E-state index in [1.54, 1.807) is 12.3 Å². The van der Waals surface area contributed by atoms with Gasteiger partial charge in [-0.15, -0.1) is 0 Å². The number of ether oxygens (including phenoxy) is 1. The van der Waals surface area contributed by atoms with Crippen molar-refractivity contribution in [1.29, 1.82) is 0 Å². The maximum Gasteiger partial charge on any atom is 0.208 e. The second kappa shape index (κ2) is 10.3. The Kier molecular flexibility index (Phi) is 7.43. The minimum Gasteiger partial charge on any atom is -0.378 e.